The Morgan fingerprint density at radius 2 is 2.50 bits per heavy atom. The van der Waals surface area contributed by atoms with E-state index in [1.165, 1.54) is 6.42 Å². The molecule has 3 fully saturated rings. The number of terminal acetylenes is 1. The van der Waals surface area contributed by atoms with Crippen LogP contribution >= 0.6 is 0 Å². The summed E-state index contributed by atoms with van der Waals surface area (Å²) in [7, 11) is 0. The highest BCUT2D eigenvalue weighted by molar-refractivity contribution is 5.05. The summed E-state index contributed by atoms with van der Waals surface area (Å²) < 4.78 is 0. The SMILES string of the molecule is C#CC1CN2CCC1CC2CN=[N+]=[N-]. The van der Waals surface area contributed by atoms with Crippen LogP contribution in [0.1, 0.15) is 12.8 Å². The Balaban J connectivity index is 2.01. The summed E-state index contributed by atoms with van der Waals surface area (Å²) in [6, 6.07) is 0.439. The van der Waals surface area contributed by atoms with Crippen molar-refractivity contribution in [2.75, 3.05) is 19.6 Å². The lowest BCUT2D eigenvalue weighted by Crippen LogP contribution is -2.54. The normalized spacial score (nSPS) is 39.9. The molecule has 3 heterocycles. The van der Waals surface area contributed by atoms with Crippen molar-refractivity contribution in [3.8, 4) is 12.3 Å². The van der Waals surface area contributed by atoms with Gasteiger partial charge < -0.3 is 0 Å². The van der Waals surface area contributed by atoms with Crippen molar-refractivity contribution >= 4 is 0 Å². The van der Waals surface area contributed by atoms with Crippen LogP contribution in [0.3, 0.4) is 0 Å². The largest absolute Gasteiger partial charge is 0.299 e. The summed E-state index contributed by atoms with van der Waals surface area (Å²) in [5, 5.41) is 3.65. The van der Waals surface area contributed by atoms with Crippen LogP contribution in [0.5, 0.6) is 0 Å². The van der Waals surface area contributed by atoms with Gasteiger partial charge in [-0.15, -0.1) is 12.3 Å². The molecule has 4 heteroatoms. The van der Waals surface area contributed by atoms with Crippen molar-refractivity contribution < 1.29 is 0 Å². The molecule has 0 aliphatic carbocycles. The van der Waals surface area contributed by atoms with Crippen LogP contribution in [0.15, 0.2) is 5.11 Å². The van der Waals surface area contributed by atoms with Crippen LogP contribution < -0.4 is 0 Å². The maximum atomic E-state index is 8.27. The van der Waals surface area contributed by atoms with E-state index in [9.17, 15) is 0 Å². The summed E-state index contributed by atoms with van der Waals surface area (Å²) in [4.78, 5) is 5.18. The van der Waals surface area contributed by atoms with Crippen LogP contribution in [-0.2, 0) is 0 Å². The Bertz CT molecular complexity index is 300. The monoisotopic (exact) mass is 190 g/mol. The van der Waals surface area contributed by atoms with E-state index in [0.717, 1.165) is 19.5 Å². The van der Waals surface area contributed by atoms with Crippen LogP contribution in [0, 0.1) is 24.2 Å². The van der Waals surface area contributed by atoms with E-state index in [0.29, 0.717) is 24.4 Å². The predicted molar refractivity (Wildman–Crippen MR) is 54.4 cm³/mol. The van der Waals surface area contributed by atoms with E-state index in [4.69, 9.17) is 12.0 Å². The fourth-order valence-corrected chi connectivity index (χ4v) is 2.65. The Kier molecular flexibility index (Phi) is 2.62. The van der Waals surface area contributed by atoms with E-state index in [1.54, 1.807) is 0 Å². The van der Waals surface area contributed by atoms with Gasteiger partial charge in [-0.2, -0.15) is 0 Å². The first-order valence-electron chi connectivity index (χ1n) is 5.06. The zero-order valence-electron chi connectivity index (χ0n) is 8.13. The highest BCUT2D eigenvalue weighted by atomic mass is 15.2. The molecule has 0 saturated carbocycles. The van der Waals surface area contributed by atoms with Gasteiger partial charge in [0.25, 0.3) is 0 Å². The number of fused-ring (bicyclic) bond motifs is 3. The topological polar surface area (TPSA) is 52.0 Å². The van der Waals surface area contributed by atoms with E-state index in [1.807, 2.05) is 0 Å². The van der Waals surface area contributed by atoms with Gasteiger partial charge >= 0.3 is 0 Å². The number of hydrogen-bond acceptors (Lipinski definition) is 2. The summed E-state index contributed by atoms with van der Waals surface area (Å²) >= 11 is 0. The molecule has 0 aromatic heterocycles. The molecule has 0 aromatic carbocycles. The van der Waals surface area contributed by atoms with Gasteiger partial charge in [0.15, 0.2) is 0 Å². The molecular formula is C10H14N4. The maximum Gasteiger partial charge on any atom is 0.0414 e. The fourth-order valence-electron chi connectivity index (χ4n) is 2.65. The summed E-state index contributed by atoms with van der Waals surface area (Å²) in [6.45, 7) is 2.71. The lowest BCUT2D eigenvalue weighted by Gasteiger charge is -2.48. The van der Waals surface area contributed by atoms with Crippen molar-refractivity contribution in [3.05, 3.63) is 10.4 Å². The van der Waals surface area contributed by atoms with E-state index < -0.39 is 0 Å². The van der Waals surface area contributed by atoms with Crippen LogP contribution in [0.25, 0.3) is 10.4 Å². The van der Waals surface area contributed by atoms with E-state index in [-0.39, 0.29) is 0 Å². The molecule has 74 valence electrons. The smallest absolute Gasteiger partial charge is 0.0414 e. The minimum atomic E-state index is 0.422. The molecule has 4 unspecified atom stereocenters. The summed E-state index contributed by atoms with van der Waals surface area (Å²) in [6.07, 6.45) is 7.79. The first kappa shape index (κ1) is 9.39. The summed E-state index contributed by atoms with van der Waals surface area (Å²) in [5.74, 6) is 3.95. The lowest BCUT2D eigenvalue weighted by atomic mass is 9.76. The molecule has 3 rings (SSSR count). The number of nitrogens with zero attached hydrogens (tertiary/aromatic N) is 4. The fraction of sp³-hybridized carbons (Fsp3) is 0.800. The quantitative estimate of drug-likeness (QED) is 0.282. The third-order valence-electron chi connectivity index (χ3n) is 3.45. The van der Waals surface area contributed by atoms with Crippen molar-refractivity contribution in [2.24, 2.45) is 17.0 Å². The van der Waals surface area contributed by atoms with Crippen molar-refractivity contribution in [1.29, 1.82) is 0 Å². The zero-order valence-corrected chi connectivity index (χ0v) is 8.13. The molecule has 0 spiro atoms. The second-order valence-corrected chi connectivity index (χ2v) is 4.12. The predicted octanol–water partition coefficient (Wildman–Crippen LogP) is 1.64. The minimum Gasteiger partial charge on any atom is -0.299 e. The van der Waals surface area contributed by atoms with Crippen LogP contribution in [0.2, 0.25) is 0 Å². The number of hydrogen-bond donors (Lipinski definition) is 0. The van der Waals surface area contributed by atoms with Crippen molar-refractivity contribution in [2.45, 2.75) is 18.9 Å². The maximum absolute atomic E-state index is 8.27. The Morgan fingerprint density at radius 1 is 1.64 bits per heavy atom. The molecular weight excluding hydrogens is 176 g/mol. The van der Waals surface area contributed by atoms with Crippen molar-refractivity contribution in [1.82, 2.24) is 4.90 Å². The van der Waals surface area contributed by atoms with E-state index >= 15 is 0 Å². The molecule has 2 bridgehead atoms. The molecule has 4 atom stereocenters. The molecule has 4 nitrogen and oxygen atoms in total. The average Bonchev–Trinajstić information content (AvgIpc) is 2.27. The Labute approximate surface area is 83.9 Å². The molecule has 3 saturated heterocycles. The van der Waals surface area contributed by atoms with Gasteiger partial charge in [0.2, 0.25) is 0 Å². The third kappa shape index (κ3) is 1.57. The Morgan fingerprint density at radius 3 is 3.07 bits per heavy atom. The Hall–Kier alpha value is -1.17. The van der Waals surface area contributed by atoms with Gasteiger partial charge in [-0.1, -0.05) is 5.11 Å². The summed E-state index contributed by atoms with van der Waals surface area (Å²) in [5.41, 5.74) is 8.27. The molecule has 0 radical (unpaired) electrons. The molecule has 0 N–H and O–H groups in total. The molecule has 0 amide bonds. The minimum absolute atomic E-state index is 0.422. The highest BCUT2D eigenvalue weighted by Crippen LogP contribution is 2.35. The van der Waals surface area contributed by atoms with Gasteiger partial charge in [-0.3, -0.25) is 4.90 Å². The number of rotatable bonds is 2. The first-order valence-corrected chi connectivity index (χ1v) is 5.06. The second kappa shape index (κ2) is 3.91. The van der Waals surface area contributed by atoms with Gasteiger partial charge in [0.05, 0.1) is 0 Å². The van der Waals surface area contributed by atoms with Gasteiger partial charge in [-0.05, 0) is 30.8 Å². The molecule has 3 aliphatic heterocycles. The van der Waals surface area contributed by atoms with Crippen LogP contribution in [0.4, 0.5) is 0 Å². The zero-order chi connectivity index (χ0) is 9.97. The first-order chi connectivity index (χ1) is 6.85. The third-order valence-corrected chi connectivity index (χ3v) is 3.45. The average molecular weight is 190 g/mol. The lowest BCUT2D eigenvalue weighted by molar-refractivity contribution is 0.0267. The second-order valence-electron chi connectivity index (χ2n) is 4.12. The van der Waals surface area contributed by atoms with Gasteiger partial charge in [0.1, 0.15) is 0 Å². The number of azide groups is 1. The van der Waals surface area contributed by atoms with Crippen LogP contribution in [-0.4, -0.2) is 30.6 Å². The molecule has 3 aliphatic rings. The van der Waals surface area contributed by atoms with E-state index in [2.05, 4.69) is 20.8 Å². The van der Waals surface area contributed by atoms with Crippen molar-refractivity contribution in [3.63, 3.8) is 0 Å². The molecule has 0 aromatic rings. The van der Waals surface area contributed by atoms with Gasteiger partial charge in [-0.25, -0.2) is 0 Å². The number of piperidine rings is 3. The van der Waals surface area contributed by atoms with Gasteiger partial charge in [0, 0.05) is 30.0 Å². The molecule has 14 heavy (non-hydrogen) atoms. The highest BCUT2D eigenvalue weighted by Gasteiger charge is 2.38. The standard InChI is InChI=1S/C10H14N4/c1-2-8-7-14-4-3-9(8)5-10(14)6-12-13-11/h1,8-10H,3-7H2.